The fourth-order valence-electron chi connectivity index (χ4n) is 2.58. The van der Waals surface area contributed by atoms with E-state index in [4.69, 9.17) is 9.47 Å². The van der Waals surface area contributed by atoms with Gasteiger partial charge in [0.1, 0.15) is 5.82 Å². The molecule has 0 saturated carbocycles. The van der Waals surface area contributed by atoms with Gasteiger partial charge in [-0.1, -0.05) is 24.3 Å². The zero-order valence-corrected chi connectivity index (χ0v) is 15.2. The highest BCUT2D eigenvalue weighted by Gasteiger charge is 2.09. The van der Waals surface area contributed by atoms with E-state index in [0.717, 1.165) is 11.3 Å². The number of methoxy groups -OCH3 is 2. The quantitative estimate of drug-likeness (QED) is 0.668. The number of para-hydroxylation sites is 1. The first-order valence-corrected chi connectivity index (χ1v) is 8.47. The highest BCUT2D eigenvalue weighted by Crippen LogP contribution is 2.27. The van der Waals surface area contributed by atoms with Crippen LogP contribution in [-0.2, 0) is 6.54 Å². The predicted molar refractivity (Wildman–Crippen MR) is 105 cm³/mol. The molecule has 1 heterocycles. The van der Waals surface area contributed by atoms with Crippen LogP contribution in [-0.4, -0.2) is 25.1 Å². The van der Waals surface area contributed by atoms with E-state index in [2.05, 4.69) is 15.6 Å². The van der Waals surface area contributed by atoms with Gasteiger partial charge in [-0.2, -0.15) is 0 Å². The number of anilines is 2. The SMILES string of the molecule is COc1ccc(CNC(=O)c2ccnc(Nc3ccccc3)c2)cc1OC. The minimum atomic E-state index is -0.178. The second kappa shape index (κ2) is 8.71. The van der Waals surface area contributed by atoms with Crippen molar-refractivity contribution in [1.29, 1.82) is 0 Å². The molecule has 6 nitrogen and oxygen atoms in total. The number of nitrogens with zero attached hydrogens (tertiary/aromatic N) is 1. The third-order valence-corrected chi connectivity index (χ3v) is 3.97. The topological polar surface area (TPSA) is 72.5 Å². The maximum absolute atomic E-state index is 12.5. The summed E-state index contributed by atoms with van der Waals surface area (Å²) in [4.78, 5) is 16.7. The van der Waals surface area contributed by atoms with Crippen LogP contribution in [0, 0.1) is 0 Å². The Morgan fingerprint density at radius 1 is 0.963 bits per heavy atom. The van der Waals surface area contributed by atoms with Gasteiger partial charge in [0.2, 0.25) is 0 Å². The minimum absolute atomic E-state index is 0.178. The van der Waals surface area contributed by atoms with E-state index in [-0.39, 0.29) is 5.91 Å². The van der Waals surface area contributed by atoms with Gasteiger partial charge in [0, 0.05) is 24.0 Å². The molecule has 6 heteroatoms. The molecule has 3 rings (SSSR count). The lowest BCUT2D eigenvalue weighted by atomic mass is 10.2. The first-order chi connectivity index (χ1) is 13.2. The Morgan fingerprint density at radius 2 is 1.74 bits per heavy atom. The summed E-state index contributed by atoms with van der Waals surface area (Å²) in [6.07, 6.45) is 1.61. The van der Waals surface area contributed by atoms with Gasteiger partial charge in [-0.05, 0) is 42.0 Å². The molecule has 27 heavy (non-hydrogen) atoms. The number of aromatic nitrogens is 1. The van der Waals surface area contributed by atoms with Crippen molar-refractivity contribution in [3.63, 3.8) is 0 Å². The number of amides is 1. The number of hydrogen-bond acceptors (Lipinski definition) is 5. The number of ether oxygens (including phenoxy) is 2. The minimum Gasteiger partial charge on any atom is -0.493 e. The highest BCUT2D eigenvalue weighted by atomic mass is 16.5. The summed E-state index contributed by atoms with van der Waals surface area (Å²) >= 11 is 0. The Bertz CT molecular complexity index is 914. The molecule has 138 valence electrons. The predicted octanol–water partition coefficient (Wildman–Crippen LogP) is 3.77. The van der Waals surface area contributed by atoms with E-state index in [0.29, 0.717) is 29.4 Å². The Hall–Kier alpha value is -3.54. The number of carbonyl (C=O) groups is 1. The van der Waals surface area contributed by atoms with Crippen molar-refractivity contribution < 1.29 is 14.3 Å². The second-order valence-corrected chi connectivity index (χ2v) is 5.79. The molecule has 0 spiro atoms. The molecule has 0 atom stereocenters. The summed E-state index contributed by atoms with van der Waals surface area (Å²) in [6, 6.07) is 18.6. The monoisotopic (exact) mass is 363 g/mol. The van der Waals surface area contributed by atoms with Crippen LogP contribution in [0.15, 0.2) is 66.9 Å². The Balaban J connectivity index is 1.65. The fourth-order valence-corrected chi connectivity index (χ4v) is 2.58. The molecule has 0 unspecified atom stereocenters. The summed E-state index contributed by atoms with van der Waals surface area (Å²) in [6.45, 7) is 0.378. The van der Waals surface area contributed by atoms with Crippen LogP contribution in [0.4, 0.5) is 11.5 Å². The van der Waals surface area contributed by atoms with Gasteiger partial charge in [-0.15, -0.1) is 0 Å². The number of nitrogens with one attached hydrogen (secondary N) is 2. The number of hydrogen-bond donors (Lipinski definition) is 2. The lowest BCUT2D eigenvalue weighted by molar-refractivity contribution is 0.0951. The van der Waals surface area contributed by atoms with Crippen molar-refractivity contribution in [2.24, 2.45) is 0 Å². The van der Waals surface area contributed by atoms with Gasteiger partial charge in [0.25, 0.3) is 5.91 Å². The first-order valence-electron chi connectivity index (χ1n) is 8.47. The van der Waals surface area contributed by atoms with Crippen molar-refractivity contribution in [1.82, 2.24) is 10.3 Å². The van der Waals surface area contributed by atoms with Crippen LogP contribution in [0.5, 0.6) is 11.5 Å². The summed E-state index contributed by atoms with van der Waals surface area (Å²) in [5, 5.41) is 6.08. The van der Waals surface area contributed by atoms with Gasteiger partial charge in [0.05, 0.1) is 14.2 Å². The number of rotatable bonds is 7. The molecule has 0 saturated heterocycles. The van der Waals surface area contributed by atoms with E-state index < -0.39 is 0 Å². The van der Waals surface area contributed by atoms with Crippen molar-refractivity contribution >= 4 is 17.4 Å². The van der Waals surface area contributed by atoms with Gasteiger partial charge in [0.15, 0.2) is 11.5 Å². The first kappa shape index (κ1) is 18.3. The van der Waals surface area contributed by atoms with E-state index >= 15 is 0 Å². The number of carbonyl (C=O) groups excluding carboxylic acids is 1. The van der Waals surface area contributed by atoms with Gasteiger partial charge < -0.3 is 20.1 Å². The molecular formula is C21H21N3O3. The molecule has 3 aromatic rings. The molecule has 0 aliphatic heterocycles. The molecule has 0 bridgehead atoms. The number of benzene rings is 2. The largest absolute Gasteiger partial charge is 0.493 e. The number of pyridine rings is 1. The Labute approximate surface area is 158 Å². The molecule has 2 aromatic carbocycles. The van der Waals surface area contributed by atoms with Gasteiger partial charge in [-0.3, -0.25) is 4.79 Å². The second-order valence-electron chi connectivity index (χ2n) is 5.79. The summed E-state index contributed by atoms with van der Waals surface area (Å²) in [5.74, 6) is 1.71. The third-order valence-electron chi connectivity index (χ3n) is 3.97. The maximum atomic E-state index is 12.5. The Morgan fingerprint density at radius 3 is 2.48 bits per heavy atom. The summed E-state index contributed by atoms with van der Waals surface area (Å²) in [5.41, 5.74) is 2.36. The molecule has 2 N–H and O–H groups in total. The van der Waals surface area contributed by atoms with Crippen LogP contribution >= 0.6 is 0 Å². The van der Waals surface area contributed by atoms with E-state index in [1.54, 1.807) is 32.5 Å². The zero-order chi connectivity index (χ0) is 19.1. The smallest absolute Gasteiger partial charge is 0.251 e. The average Bonchev–Trinajstić information content (AvgIpc) is 2.72. The van der Waals surface area contributed by atoms with Crippen molar-refractivity contribution in [3.05, 3.63) is 78.0 Å². The van der Waals surface area contributed by atoms with Crippen molar-refractivity contribution in [2.45, 2.75) is 6.54 Å². The standard InChI is InChI=1S/C21H21N3O3/c1-26-18-9-8-15(12-19(18)27-2)14-23-21(25)16-10-11-22-20(13-16)24-17-6-4-3-5-7-17/h3-13H,14H2,1-2H3,(H,22,24)(H,23,25). The van der Waals surface area contributed by atoms with Crippen LogP contribution in [0.2, 0.25) is 0 Å². The van der Waals surface area contributed by atoms with E-state index in [1.807, 2.05) is 48.5 Å². The molecule has 0 aliphatic carbocycles. The lowest BCUT2D eigenvalue weighted by Gasteiger charge is -2.11. The molecule has 1 amide bonds. The molecule has 0 radical (unpaired) electrons. The van der Waals surface area contributed by atoms with E-state index in [1.165, 1.54) is 0 Å². The molecule has 0 fully saturated rings. The average molecular weight is 363 g/mol. The summed E-state index contributed by atoms with van der Waals surface area (Å²) < 4.78 is 10.5. The highest BCUT2D eigenvalue weighted by molar-refractivity contribution is 5.94. The summed E-state index contributed by atoms with van der Waals surface area (Å²) in [7, 11) is 3.17. The molecule has 1 aromatic heterocycles. The Kier molecular flexibility index (Phi) is 5.89. The molecule has 0 aliphatic rings. The van der Waals surface area contributed by atoms with Gasteiger partial charge >= 0.3 is 0 Å². The van der Waals surface area contributed by atoms with Gasteiger partial charge in [-0.25, -0.2) is 4.98 Å². The van der Waals surface area contributed by atoms with Crippen molar-refractivity contribution in [3.8, 4) is 11.5 Å². The third kappa shape index (κ3) is 4.76. The normalized spacial score (nSPS) is 10.1. The van der Waals surface area contributed by atoms with Crippen LogP contribution in [0.25, 0.3) is 0 Å². The van der Waals surface area contributed by atoms with E-state index in [9.17, 15) is 4.79 Å². The fraction of sp³-hybridized carbons (Fsp3) is 0.143. The zero-order valence-electron chi connectivity index (χ0n) is 15.2. The van der Waals surface area contributed by atoms with Crippen molar-refractivity contribution in [2.75, 3.05) is 19.5 Å². The van der Waals surface area contributed by atoms with Crippen LogP contribution in [0.1, 0.15) is 15.9 Å². The van der Waals surface area contributed by atoms with Crippen LogP contribution < -0.4 is 20.1 Å². The molecular weight excluding hydrogens is 342 g/mol. The maximum Gasteiger partial charge on any atom is 0.251 e. The lowest BCUT2D eigenvalue weighted by Crippen LogP contribution is -2.23. The van der Waals surface area contributed by atoms with Crippen LogP contribution in [0.3, 0.4) is 0 Å².